The van der Waals surface area contributed by atoms with Crippen molar-refractivity contribution in [2.24, 2.45) is 0 Å². The Morgan fingerprint density at radius 2 is 1.95 bits per heavy atom. The molecule has 0 unspecified atom stereocenters. The fraction of sp³-hybridized carbons (Fsp3) is 0.615. The molecule has 0 atom stereocenters. The zero-order valence-electron chi connectivity index (χ0n) is 11.9. The van der Waals surface area contributed by atoms with E-state index in [0.717, 1.165) is 37.1 Å². The standard InChI is InChI=1S/C13H19ClN4O2/c1-8-9(2)12(17-16-11(8)14)20-13(19)18(3)10-4-6-15-7-5-10/h10,15H,4-7H2,1-3H3. The number of amides is 1. The van der Waals surface area contributed by atoms with E-state index in [1.807, 2.05) is 13.8 Å². The van der Waals surface area contributed by atoms with E-state index in [4.69, 9.17) is 16.3 Å². The van der Waals surface area contributed by atoms with Gasteiger partial charge in [-0.3, -0.25) is 0 Å². The molecule has 1 N–H and O–H groups in total. The number of hydrogen-bond acceptors (Lipinski definition) is 5. The second-order valence-electron chi connectivity index (χ2n) is 5.01. The van der Waals surface area contributed by atoms with E-state index >= 15 is 0 Å². The van der Waals surface area contributed by atoms with Crippen LogP contribution in [0.1, 0.15) is 24.0 Å². The Bertz CT molecular complexity index is 503. The predicted octanol–water partition coefficient (Wildman–Crippen LogP) is 1.93. The third kappa shape index (κ3) is 3.19. The average Bonchev–Trinajstić information content (AvgIpc) is 2.48. The maximum Gasteiger partial charge on any atom is 0.416 e. The molecule has 20 heavy (non-hydrogen) atoms. The molecular weight excluding hydrogens is 280 g/mol. The van der Waals surface area contributed by atoms with Crippen LogP contribution >= 0.6 is 11.6 Å². The first-order valence-corrected chi connectivity index (χ1v) is 7.03. The number of rotatable bonds is 2. The summed E-state index contributed by atoms with van der Waals surface area (Å²) in [6.45, 7) is 5.46. The summed E-state index contributed by atoms with van der Waals surface area (Å²) in [5.74, 6) is 0.220. The molecule has 1 amide bonds. The fourth-order valence-corrected chi connectivity index (χ4v) is 2.33. The fourth-order valence-electron chi connectivity index (χ4n) is 2.15. The number of nitrogens with one attached hydrogen (secondary N) is 1. The van der Waals surface area contributed by atoms with Gasteiger partial charge in [0.25, 0.3) is 0 Å². The minimum absolute atomic E-state index is 0.199. The highest BCUT2D eigenvalue weighted by Crippen LogP contribution is 2.23. The quantitative estimate of drug-likeness (QED) is 0.903. The third-order valence-electron chi connectivity index (χ3n) is 3.75. The van der Waals surface area contributed by atoms with Crippen LogP contribution in [-0.2, 0) is 0 Å². The first kappa shape index (κ1) is 15.0. The molecule has 1 aromatic heterocycles. The molecular formula is C13H19ClN4O2. The van der Waals surface area contributed by atoms with Gasteiger partial charge in [0.1, 0.15) is 0 Å². The maximum atomic E-state index is 12.1. The summed E-state index contributed by atoms with van der Waals surface area (Å²) in [7, 11) is 1.75. The largest absolute Gasteiger partial charge is 0.416 e. The van der Waals surface area contributed by atoms with Gasteiger partial charge in [-0.05, 0) is 45.3 Å². The first-order chi connectivity index (χ1) is 9.50. The average molecular weight is 299 g/mol. The van der Waals surface area contributed by atoms with Crippen molar-refractivity contribution in [3.63, 3.8) is 0 Å². The Morgan fingerprint density at radius 1 is 1.30 bits per heavy atom. The molecule has 7 heteroatoms. The molecule has 0 aliphatic carbocycles. The number of aromatic nitrogens is 2. The summed E-state index contributed by atoms with van der Waals surface area (Å²) in [5.41, 5.74) is 1.51. The second kappa shape index (κ2) is 6.37. The molecule has 0 saturated carbocycles. The van der Waals surface area contributed by atoms with Gasteiger partial charge in [-0.2, -0.15) is 0 Å². The van der Waals surface area contributed by atoms with Gasteiger partial charge in [0.2, 0.25) is 5.88 Å². The van der Waals surface area contributed by atoms with Crippen LogP contribution in [0, 0.1) is 13.8 Å². The Hall–Kier alpha value is -1.40. The second-order valence-corrected chi connectivity index (χ2v) is 5.36. The number of piperidine rings is 1. The highest BCUT2D eigenvalue weighted by Gasteiger charge is 2.24. The number of ether oxygens (including phenoxy) is 1. The maximum absolute atomic E-state index is 12.1. The van der Waals surface area contributed by atoms with Crippen molar-refractivity contribution >= 4 is 17.7 Å². The van der Waals surface area contributed by atoms with Gasteiger partial charge in [-0.25, -0.2) is 4.79 Å². The van der Waals surface area contributed by atoms with E-state index in [9.17, 15) is 4.79 Å². The van der Waals surface area contributed by atoms with Crippen molar-refractivity contribution in [3.05, 3.63) is 16.3 Å². The van der Waals surface area contributed by atoms with Crippen LogP contribution in [0.2, 0.25) is 5.15 Å². The first-order valence-electron chi connectivity index (χ1n) is 6.65. The summed E-state index contributed by atoms with van der Waals surface area (Å²) in [5, 5.41) is 11.2. The molecule has 2 rings (SSSR count). The zero-order chi connectivity index (χ0) is 14.7. The lowest BCUT2D eigenvalue weighted by Gasteiger charge is -2.30. The Balaban J connectivity index is 2.05. The molecule has 0 spiro atoms. The smallest absolute Gasteiger partial charge is 0.389 e. The lowest BCUT2D eigenvalue weighted by Crippen LogP contribution is -2.45. The summed E-state index contributed by atoms with van der Waals surface area (Å²) in [6, 6.07) is 0.199. The molecule has 1 fully saturated rings. The molecule has 0 radical (unpaired) electrons. The number of nitrogens with zero attached hydrogens (tertiary/aromatic N) is 3. The van der Waals surface area contributed by atoms with Crippen LogP contribution in [0.15, 0.2) is 0 Å². The zero-order valence-corrected chi connectivity index (χ0v) is 12.7. The van der Waals surface area contributed by atoms with Crippen LogP contribution in [0.3, 0.4) is 0 Å². The summed E-state index contributed by atoms with van der Waals surface area (Å²) >= 11 is 5.88. The van der Waals surface area contributed by atoms with Gasteiger partial charge in [0.05, 0.1) is 0 Å². The van der Waals surface area contributed by atoms with E-state index in [1.54, 1.807) is 11.9 Å². The number of hydrogen-bond donors (Lipinski definition) is 1. The summed E-state index contributed by atoms with van der Waals surface area (Å²) < 4.78 is 5.33. The van der Waals surface area contributed by atoms with Crippen molar-refractivity contribution in [2.45, 2.75) is 32.7 Å². The molecule has 1 aliphatic rings. The van der Waals surface area contributed by atoms with Crippen molar-refractivity contribution < 1.29 is 9.53 Å². The van der Waals surface area contributed by atoms with Gasteiger partial charge in [0, 0.05) is 18.7 Å². The monoisotopic (exact) mass is 298 g/mol. The van der Waals surface area contributed by atoms with Crippen molar-refractivity contribution in [1.29, 1.82) is 0 Å². The van der Waals surface area contributed by atoms with E-state index < -0.39 is 6.09 Å². The van der Waals surface area contributed by atoms with Crippen molar-refractivity contribution in [1.82, 2.24) is 20.4 Å². The van der Waals surface area contributed by atoms with E-state index in [-0.39, 0.29) is 11.9 Å². The highest BCUT2D eigenvalue weighted by molar-refractivity contribution is 6.30. The summed E-state index contributed by atoms with van der Waals surface area (Å²) in [6.07, 6.45) is 1.45. The van der Waals surface area contributed by atoms with Crippen molar-refractivity contribution in [3.8, 4) is 5.88 Å². The molecule has 110 valence electrons. The molecule has 1 aromatic rings. The van der Waals surface area contributed by atoms with E-state index in [1.165, 1.54) is 0 Å². The molecule has 0 aromatic carbocycles. The number of carbonyl (C=O) groups is 1. The SMILES string of the molecule is Cc1c(Cl)nnc(OC(=O)N(C)C2CCNCC2)c1C. The summed E-state index contributed by atoms with van der Waals surface area (Å²) in [4.78, 5) is 13.8. The van der Waals surface area contributed by atoms with Gasteiger partial charge < -0.3 is 15.0 Å². The van der Waals surface area contributed by atoms with Crippen LogP contribution in [0.25, 0.3) is 0 Å². The van der Waals surface area contributed by atoms with Gasteiger partial charge in [-0.1, -0.05) is 11.6 Å². The van der Waals surface area contributed by atoms with E-state index in [2.05, 4.69) is 15.5 Å². The van der Waals surface area contributed by atoms with Gasteiger partial charge in [0.15, 0.2) is 5.15 Å². The molecule has 0 bridgehead atoms. The highest BCUT2D eigenvalue weighted by atomic mass is 35.5. The number of halogens is 1. The van der Waals surface area contributed by atoms with Crippen LogP contribution in [-0.4, -0.2) is 47.4 Å². The Morgan fingerprint density at radius 3 is 2.60 bits per heavy atom. The minimum Gasteiger partial charge on any atom is -0.389 e. The molecule has 1 aliphatic heterocycles. The lowest BCUT2D eigenvalue weighted by molar-refractivity contribution is 0.133. The van der Waals surface area contributed by atoms with Gasteiger partial charge in [-0.15, -0.1) is 10.2 Å². The molecule has 6 nitrogen and oxygen atoms in total. The number of carbonyl (C=O) groups excluding carboxylic acids is 1. The van der Waals surface area contributed by atoms with Crippen LogP contribution in [0.5, 0.6) is 5.88 Å². The Labute approximate surface area is 123 Å². The van der Waals surface area contributed by atoms with Gasteiger partial charge >= 0.3 is 6.09 Å². The topological polar surface area (TPSA) is 67.4 Å². The lowest BCUT2D eigenvalue weighted by atomic mass is 10.1. The molecule has 2 heterocycles. The normalized spacial score (nSPS) is 16.0. The van der Waals surface area contributed by atoms with Crippen molar-refractivity contribution in [2.75, 3.05) is 20.1 Å². The van der Waals surface area contributed by atoms with Crippen LogP contribution in [0.4, 0.5) is 4.79 Å². The minimum atomic E-state index is -0.406. The third-order valence-corrected chi connectivity index (χ3v) is 4.11. The van der Waals surface area contributed by atoms with Crippen LogP contribution < -0.4 is 10.1 Å². The Kier molecular flexibility index (Phi) is 4.77. The molecule has 1 saturated heterocycles. The predicted molar refractivity (Wildman–Crippen MR) is 76.2 cm³/mol. The van der Waals surface area contributed by atoms with E-state index in [0.29, 0.717) is 5.15 Å².